The van der Waals surface area contributed by atoms with E-state index in [-0.39, 0.29) is 0 Å². The highest BCUT2D eigenvalue weighted by molar-refractivity contribution is 7.26. The van der Waals surface area contributed by atoms with Crippen LogP contribution < -0.4 is 9.64 Å². The second kappa shape index (κ2) is 12.3. The molecule has 1 spiro atoms. The highest BCUT2D eigenvalue weighted by Crippen LogP contribution is 2.62. The first-order chi connectivity index (χ1) is 29.2. The molecule has 3 nitrogen and oxygen atoms in total. The van der Waals surface area contributed by atoms with E-state index in [2.05, 4.69) is 193 Å². The maximum absolute atomic E-state index is 7.06. The van der Waals surface area contributed by atoms with Crippen LogP contribution in [0.1, 0.15) is 22.3 Å². The predicted octanol–water partition coefficient (Wildman–Crippen LogP) is 15.6. The van der Waals surface area contributed by atoms with E-state index in [1.165, 1.54) is 48.0 Å². The number of nitrogens with zero attached hydrogens (tertiary/aromatic N) is 1. The average Bonchev–Trinajstić information content (AvgIpc) is 3.96. The molecule has 1 aliphatic carbocycles. The predicted molar refractivity (Wildman–Crippen MR) is 244 cm³/mol. The highest BCUT2D eigenvalue weighted by atomic mass is 32.1. The first kappa shape index (κ1) is 32.7. The number of furan rings is 1. The topological polar surface area (TPSA) is 25.6 Å². The monoisotopic (exact) mass is 771 g/mol. The molecule has 9 aromatic carbocycles. The van der Waals surface area contributed by atoms with E-state index < -0.39 is 5.41 Å². The van der Waals surface area contributed by atoms with Crippen LogP contribution in [0, 0.1) is 0 Å². The van der Waals surface area contributed by atoms with Gasteiger partial charge in [-0.05, 0) is 88.0 Å². The minimum Gasteiger partial charge on any atom is -0.457 e. The Hall–Kier alpha value is -7.40. The van der Waals surface area contributed by atoms with E-state index in [0.29, 0.717) is 0 Å². The lowest BCUT2D eigenvalue weighted by Gasteiger charge is -2.40. The average molecular weight is 772 g/mol. The summed E-state index contributed by atoms with van der Waals surface area (Å²) in [5.41, 5.74) is 14.1. The van der Waals surface area contributed by atoms with Gasteiger partial charge in [0, 0.05) is 54.8 Å². The Bertz CT molecular complexity index is 3460. The van der Waals surface area contributed by atoms with Gasteiger partial charge in [0.25, 0.3) is 0 Å². The molecule has 0 radical (unpaired) electrons. The fraction of sp³-hybridized carbons (Fsp3) is 0.0182. The van der Waals surface area contributed by atoms with Gasteiger partial charge in [-0.2, -0.15) is 0 Å². The Morgan fingerprint density at radius 1 is 0.407 bits per heavy atom. The van der Waals surface area contributed by atoms with Crippen molar-refractivity contribution in [2.75, 3.05) is 4.90 Å². The number of ether oxygens (including phenoxy) is 1. The third-order valence-electron chi connectivity index (χ3n) is 12.5. The first-order valence-electron chi connectivity index (χ1n) is 20.1. The Morgan fingerprint density at radius 3 is 1.86 bits per heavy atom. The molecule has 11 aromatic rings. The number of anilines is 3. The Kier molecular flexibility index (Phi) is 6.81. The molecule has 0 unspecified atom stereocenters. The molecule has 0 saturated heterocycles. The van der Waals surface area contributed by atoms with E-state index in [1.807, 2.05) is 23.5 Å². The van der Waals surface area contributed by atoms with E-state index in [9.17, 15) is 0 Å². The van der Waals surface area contributed by atoms with Crippen molar-refractivity contribution in [2.24, 2.45) is 0 Å². The summed E-state index contributed by atoms with van der Waals surface area (Å²) in [7, 11) is 0. The number of para-hydroxylation sites is 2. The van der Waals surface area contributed by atoms with E-state index in [4.69, 9.17) is 9.15 Å². The maximum atomic E-state index is 7.06. The second-order valence-electron chi connectivity index (χ2n) is 15.6. The number of thiophene rings is 1. The molecule has 0 bridgehead atoms. The zero-order valence-corrected chi connectivity index (χ0v) is 32.5. The van der Waals surface area contributed by atoms with Crippen molar-refractivity contribution in [3.05, 3.63) is 222 Å². The van der Waals surface area contributed by atoms with Crippen molar-refractivity contribution in [1.82, 2.24) is 0 Å². The van der Waals surface area contributed by atoms with Crippen LogP contribution in [0.3, 0.4) is 0 Å². The summed E-state index contributed by atoms with van der Waals surface area (Å²) in [6.45, 7) is 0. The molecule has 13 rings (SSSR count). The van der Waals surface area contributed by atoms with E-state index in [1.54, 1.807) is 0 Å². The van der Waals surface area contributed by atoms with Crippen LogP contribution in [0.4, 0.5) is 17.1 Å². The largest absolute Gasteiger partial charge is 0.457 e. The van der Waals surface area contributed by atoms with Gasteiger partial charge in [0.15, 0.2) is 0 Å². The van der Waals surface area contributed by atoms with Crippen molar-refractivity contribution < 1.29 is 9.15 Å². The van der Waals surface area contributed by atoms with Crippen molar-refractivity contribution in [3.8, 4) is 33.8 Å². The van der Waals surface area contributed by atoms with E-state index >= 15 is 0 Å². The smallest absolute Gasteiger partial charge is 0.135 e. The van der Waals surface area contributed by atoms with Crippen molar-refractivity contribution >= 4 is 70.5 Å². The molecule has 3 heterocycles. The second-order valence-corrected chi connectivity index (χ2v) is 16.6. The van der Waals surface area contributed by atoms with Crippen LogP contribution in [0.2, 0.25) is 0 Å². The summed E-state index contributed by atoms with van der Waals surface area (Å²) in [5, 5.41) is 4.67. The summed E-state index contributed by atoms with van der Waals surface area (Å²) < 4.78 is 15.9. The third-order valence-corrected chi connectivity index (χ3v) is 13.7. The standard InChI is InChI=1S/C55H33NO2S/c1-2-14-34(15-3-1)35-30-43-41-19-7-13-25-53(41)59-54(43)48(31-35)56(36-27-29-50-42(32-36)40-18-6-11-23-49(40)57-50)37-26-28-47-52(33-37)58-51-24-12-10-22-46(51)55(47)44-20-8-4-16-38(44)39-17-5-9-21-45(39)55/h1-33H. The van der Waals surface area contributed by atoms with Crippen LogP contribution in [0.5, 0.6) is 11.5 Å². The molecule has 276 valence electrons. The van der Waals surface area contributed by atoms with Crippen LogP contribution >= 0.6 is 11.3 Å². The summed E-state index contributed by atoms with van der Waals surface area (Å²) in [5.74, 6) is 1.72. The molecular weight excluding hydrogens is 739 g/mol. The zero-order valence-electron chi connectivity index (χ0n) is 31.7. The molecule has 59 heavy (non-hydrogen) atoms. The number of fused-ring (bicyclic) bond motifs is 15. The van der Waals surface area contributed by atoms with Gasteiger partial charge in [0.1, 0.15) is 22.7 Å². The molecule has 0 amide bonds. The first-order valence-corrected chi connectivity index (χ1v) is 20.9. The molecule has 1 aliphatic heterocycles. The number of rotatable bonds is 4. The summed E-state index contributed by atoms with van der Waals surface area (Å²) in [6.07, 6.45) is 0. The van der Waals surface area contributed by atoms with Crippen LogP contribution in [-0.4, -0.2) is 0 Å². The van der Waals surface area contributed by atoms with Gasteiger partial charge in [-0.25, -0.2) is 0 Å². The summed E-state index contributed by atoms with van der Waals surface area (Å²) >= 11 is 1.85. The molecule has 2 aliphatic rings. The SMILES string of the molecule is c1ccc(-c2cc(N(c3ccc4c(c3)Oc3ccccc3C43c4ccccc4-c4ccccc43)c3ccc4oc5ccccc5c4c3)c3sc4ccccc4c3c2)cc1. The van der Waals surface area contributed by atoms with Crippen LogP contribution in [0.15, 0.2) is 205 Å². The zero-order chi connectivity index (χ0) is 38.7. The minimum absolute atomic E-state index is 0.540. The molecule has 0 N–H and O–H groups in total. The van der Waals surface area contributed by atoms with Crippen molar-refractivity contribution in [1.29, 1.82) is 0 Å². The quantitative estimate of drug-likeness (QED) is 0.178. The summed E-state index contributed by atoms with van der Waals surface area (Å²) in [6, 6.07) is 72.4. The number of benzene rings is 9. The van der Waals surface area contributed by atoms with E-state index in [0.717, 1.165) is 67.2 Å². The highest BCUT2D eigenvalue weighted by Gasteiger charge is 2.51. The van der Waals surface area contributed by atoms with Crippen molar-refractivity contribution in [2.45, 2.75) is 5.41 Å². The Morgan fingerprint density at radius 2 is 1.03 bits per heavy atom. The van der Waals surface area contributed by atoms with Gasteiger partial charge in [0.2, 0.25) is 0 Å². The van der Waals surface area contributed by atoms with Gasteiger partial charge in [-0.1, -0.05) is 140 Å². The minimum atomic E-state index is -0.540. The molecule has 0 saturated carbocycles. The Labute approximate surface area is 344 Å². The lowest BCUT2D eigenvalue weighted by Crippen LogP contribution is -2.32. The van der Waals surface area contributed by atoms with Gasteiger partial charge < -0.3 is 14.1 Å². The molecule has 4 heteroatoms. The fourth-order valence-corrected chi connectivity index (χ4v) is 11.2. The molecule has 0 atom stereocenters. The van der Waals surface area contributed by atoms with Gasteiger partial charge in [-0.15, -0.1) is 11.3 Å². The van der Waals surface area contributed by atoms with Crippen LogP contribution in [-0.2, 0) is 5.41 Å². The maximum Gasteiger partial charge on any atom is 0.135 e. The molecule has 2 aromatic heterocycles. The number of hydrogen-bond acceptors (Lipinski definition) is 4. The van der Waals surface area contributed by atoms with Crippen LogP contribution in [0.25, 0.3) is 64.4 Å². The lowest BCUT2D eigenvalue weighted by atomic mass is 9.66. The van der Waals surface area contributed by atoms with Gasteiger partial charge >= 0.3 is 0 Å². The number of hydrogen-bond donors (Lipinski definition) is 0. The Balaban J connectivity index is 1.11. The third kappa shape index (κ3) is 4.58. The molecular formula is C55H33NO2S. The summed E-state index contributed by atoms with van der Waals surface area (Å²) in [4.78, 5) is 2.43. The van der Waals surface area contributed by atoms with Gasteiger partial charge in [-0.3, -0.25) is 0 Å². The molecule has 0 fully saturated rings. The lowest BCUT2D eigenvalue weighted by molar-refractivity contribution is 0.436. The van der Waals surface area contributed by atoms with Gasteiger partial charge in [0.05, 0.1) is 15.8 Å². The normalized spacial score (nSPS) is 13.4. The van der Waals surface area contributed by atoms with Crippen molar-refractivity contribution in [3.63, 3.8) is 0 Å². The fourth-order valence-electron chi connectivity index (χ4n) is 10.0.